The predicted molar refractivity (Wildman–Crippen MR) is 115 cm³/mol. The number of benzene rings is 1. The van der Waals surface area contributed by atoms with Crippen LogP contribution in [0.25, 0.3) is 0 Å². The first kappa shape index (κ1) is 24.6. The second-order valence-electron chi connectivity index (χ2n) is 5.49. The number of rotatable bonds is 7. The highest BCUT2D eigenvalue weighted by atomic mass is 127. The maximum absolute atomic E-state index is 12.4. The molecule has 0 aliphatic heterocycles. The first-order valence-electron chi connectivity index (χ1n) is 8.19. The monoisotopic (exact) mass is 526 g/mol. The van der Waals surface area contributed by atoms with E-state index in [9.17, 15) is 13.2 Å². The maximum Gasteiger partial charge on any atom is 0.422 e. The van der Waals surface area contributed by atoms with Gasteiger partial charge in [-0.05, 0) is 18.2 Å². The van der Waals surface area contributed by atoms with Gasteiger partial charge in [0.25, 0.3) is 0 Å². The Hall–Kier alpha value is -2.44. The topological polar surface area (TPSA) is 77.0 Å². The largest absolute Gasteiger partial charge is 0.493 e. The third-order valence-corrected chi connectivity index (χ3v) is 3.54. The highest BCUT2D eigenvalue weighted by Gasteiger charge is 2.29. The number of anilines is 1. The smallest absolute Gasteiger partial charge is 0.422 e. The fourth-order valence-corrected chi connectivity index (χ4v) is 2.25. The number of nitrogens with one attached hydrogen (secondary N) is 2. The van der Waals surface area contributed by atoms with E-state index in [1.165, 1.54) is 20.4 Å². The predicted octanol–water partition coefficient (Wildman–Crippen LogP) is 3.85. The average molecular weight is 526 g/mol. The quantitative estimate of drug-likeness (QED) is 0.325. The summed E-state index contributed by atoms with van der Waals surface area (Å²) in [6.07, 6.45) is -3.07. The number of hydrogen-bond donors (Lipinski definition) is 2. The van der Waals surface area contributed by atoms with Crippen LogP contribution in [0.15, 0.2) is 41.5 Å². The van der Waals surface area contributed by atoms with E-state index in [-0.39, 0.29) is 36.4 Å². The molecule has 2 aromatic rings. The molecule has 0 saturated heterocycles. The lowest BCUT2D eigenvalue weighted by Crippen LogP contribution is -2.30. The van der Waals surface area contributed by atoms with E-state index in [0.29, 0.717) is 28.7 Å². The third-order valence-electron chi connectivity index (χ3n) is 3.54. The minimum absolute atomic E-state index is 0. The van der Waals surface area contributed by atoms with Crippen molar-refractivity contribution in [2.45, 2.75) is 12.7 Å². The number of hydrogen-bond acceptors (Lipinski definition) is 5. The van der Waals surface area contributed by atoms with E-state index in [0.717, 1.165) is 0 Å². The normalized spacial score (nSPS) is 11.3. The molecule has 0 aliphatic carbocycles. The number of nitrogens with zero attached hydrogens (tertiary/aromatic N) is 2. The van der Waals surface area contributed by atoms with Crippen LogP contribution in [0.5, 0.6) is 17.4 Å². The van der Waals surface area contributed by atoms with Gasteiger partial charge >= 0.3 is 6.18 Å². The van der Waals surface area contributed by atoms with Crippen molar-refractivity contribution in [3.8, 4) is 17.4 Å². The van der Waals surface area contributed by atoms with Crippen LogP contribution in [-0.2, 0) is 6.54 Å². The number of pyridine rings is 1. The summed E-state index contributed by atoms with van der Waals surface area (Å²) >= 11 is 0. The van der Waals surface area contributed by atoms with Crippen LogP contribution in [0.2, 0.25) is 0 Å². The SMILES string of the molecule is CN=C(NCc1cccnc1OCC(F)(F)F)Nc1ccc(OC)c(OC)c1.I. The summed E-state index contributed by atoms with van der Waals surface area (Å²) in [4.78, 5) is 7.95. The molecule has 29 heavy (non-hydrogen) atoms. The highest BCUT2D eigenvalue weighted by molar-refractivity contribution is 14.0. The Bertz CT molecular complexity index is 819. The van der Waals surface area contributed by atoms with Crippen LogP contribution in [0.3, 0.4) is 0 Å². The van der Waals surface area contributed by atoms with Gasteiger partial charge in [-0.15, -0.1) is 24.0 Å². The maximum atomic E-state index is 12.4. The van der Waals surface area contributed by atoms with Crippen molar-refractivity contribution in [1.29, 1.82) is 0 Å². The standard InChI is InChI=1S/C18H21F3N4O3.HI/c1-22-17(25-13-6-7-14(26-2)15(9-13)27-3)24-10-12-5-4-8-23-16(12)28-11-18(19,20)21;/h4-9H,10-11H2,1-3H3,(H2,22,24,25);1H. The fraction of sp³-hybridized carbons (Fsp3) is 0.333. The molecular formula is C18H22F3IN4O3. The van der Waals surface area contributed by atoms with Crippen molar-refractivity contribution >= 4 is 35.6 Å². The van der Waals surface area contributed by atoms with E-state index >= 15 is 0 Å². The zero-order valence-electron chi connectivity index (χ0n) is 16.0. The molecule has 1 aromatic carbocycles. The molecule has 2 N–H and O–H groups in total. The molecule has 2 rings (SSSR count). The van der Waals surface area contributed by atoms with Gasteiger partial charge in [-0.3, -0.25) is 4.99 Å². The van der Waals surface area contributed by atoms with Crippen molar-refractivity contribution < 1.29 is 27.4 Å². The number of aromatic nitrogens is 1. The van der Waals surface area contributed by atoms with E-state index < -0.39 is 12.8 Å². The second kappa shape index (κ2) is 11.5. The molecule has 0 amide bonds. The van der Waals surface area contributed by atoms with Gasteiger partial charge in [0.1, 0.15) is 0 Å². The summed E-state index contributed by atoms with van der Waals surface area (Å²) in [6, 6.07) is 8.47. The molecule has 11 heteroatoms. The summed E-state index contributed by atoms with van der Waals surface area (Å²) in [5.41, 5.74) is 1.15. The van der Waals surface area contributed by atoms with Crippen molar-refractivity contribution in [3.05, 3.63) is 42.1 Å². The van der Waals surface area contributed by atoms with Crippen LogP contribution in [-0.4, -0.2) is 45.0 Å². The Kier molecular flexibility index (Phi) is 9.78. The Balaban J connectivity index is 0.00000420. The first-order valence-corrected chi connectivity index (χ1v) is 8.19. The number of methoxy groups -OCH3 is 2. The van der Waals surface area contributed by atoms with Crippen molar-refractivity contribution in [3.63, 3.8) is 0 Å². The molecule has 0 aliphatic rings. The molecule has 0 fully saturated rings. The lowest BCUT2D eigenvalue weighted by molar-refractivity contribution is -0.154. The molecule has 0 bridgehead atoms. The molecule has 7 nitrogen and oxygen atoms in total. The summed E-state index contributed by atoms with van der Waals surface area (Å²) < 4.78 is 52.4. The summed E-state index contributed by atoms with van der Waals surface area (Å²) in [6.45, 7) is -1.25. The first-order chi connectivity index (χ1) is 13.4. The summed E-state index contributed by atoms with van der Waals surface area (Å²) in [5, 5.41) is 6.07. The number of ether oxygens (including phenoxy) is 3. The minimum Gasteiger partial charge on any atom is -0.493 e. The van der Waals surface area contributed by atoms with Gasteiger partial charge in [-0.25, -0.2) is 4.98 Å². The van der Waals surface area contributed by atoms with E-state index in [4.69, 9.17) is 14.2 Å². The lowest BCUT2D eigenvalue weighted by Gasteiger charge is -2.15. The summed E-state index contributed by atoms with van der Waals surface area (Å²) in [5.74, 6) is 1.43. The van der Waals surface area contributed by atoms with Gasteiger partial charge in [0.2, 0.25) is 5.88 Å². The molecule has 0 atom stereocenters. The molecule has 0 radical (unpaired) electrons. The molecule has 1 aromatic heterocycles. The van der Waals surface area contributed by atoms with Gasteiger partial charge in [0.05, 0.1) is 14.2 Å². The zero-order chi connectivity index (χ0) is 20.6. The van der Waals surface area contributed by atoms with E-state index in [1.807, 2.05) is 0 Å². The van der Waals surface area contributed by atoms with Crippen LogP contribution in [0.1, 0.15) is 5.56 Å². The van der Waals surface area contributed by atoms with E-state index in [2.05, 4.69) is 20.6 Å². The Morgan fingerprint density at radius 3 is 2.48 bits per heavy atom. The molecular weight excluding hydrogens is 504 g/mol. The zero-order valence-corrected chi connectivity index (χ0v) is 18.4. The van der Waals surface area contributed by atoms with Gasteiger partial charge in [0, 0.05) is 37.1 Å². The highest BCUT2D eigenvalue weighted by Crippen LogP contribution is 2.29. The average Bonchev–Trinajstić information content (AvgIpc) is 2.69. The van der Waals surface area contributed by atoms with Crippen LogP contribution in [0.4, 0.5) is 18.9 Å². The molecule has 160 valence electrons. The minimum atomic E-state index is -4.44. The lowest BCUT2D eigenvalue weighted by atomic mass is 10.2. The number of guanidine groups is 1. The van der Waals surface area contributed by atoms with Crippen LogP contribution >= 0.6 is 24.0 Å². The molecule has 0 spiro atoms. The van der Waals surface area contributed by atoms with Gasteiger partial charge < -0.3 is 24.8 Å². The van der Waals surface area contributed by atoms with Gasteiger partial charge in [-0.2, -0.15) is 13.2 Å². The van der Waals surface area contributed by atoms with Crippen molar-refractivity contribution in [1.82, 2.24) is 10.3 Å². The number of alkyl halides is 3. The fourth-order valence-electron chi connectivity index (χ4n) is 2.25. The number of aliphatic imine (C=N–C) groups is 1. The molecule has 0 unspecified atom stereocenters. The van der Waals surface area contributed by atoms with Crippen molar-refractivity contribution in [2.75, 3.05) is 33.2 Å². The molecule has 1 heterocycles. The Morgan fingerprint density at radius 2 is 1.86 bits per heavy atom. The van der Waals surface area contributed by atoms with Crippen LogP contribution < -0.4 is 24.8 Å². The van der Waals surface area contributed by atoms with Crippen LogP contribution in [0, 0.1) is 0 Å². The third kappa shape index (κ3) is 7.83. The molecule has 0 saturated carbocycles. The Labute approximate surface area is 183 Å². The summed E-state index contributed by atoms with van der Waals surface area (Å²) in [7, 11) is 4.64. The second-order valence-corrected chi connectivity index (χ2v) is 5.49. The van der Waals surface area contributed by atoms with Gasteiger partial charge in [-0.1, -0.05) is 6.07 Å². The number of halogens is 4. The van der Waals surface area contributed by atoms with Crippen molar-refractivity contribution in [2.24, 2.45) is 4.99 Å². The van der Waals surface area contributed by atoms with E-state index in [1.54, 1.807) is 37.4 Å². The Morgan fingerprint density at radius 1 is 1.14 bits per heavy atom. The van der Waals surface area contributed by atoms with Gasteiger partial charge in [0.15, 0.2) is 24.1 Å².